The molecule has 6 rings (SSSR count). The Balaban J connectivity index is 1.39. The van der Waals surface area contributed by atoms with Gasteiger partial charge in [0.05, 0.1) is 13.2 Å². The van der Waals surface area contributed by atoms with Gasteiger partial charge >= 0.3 is 0 Å². The molecule has 2 atom stereocenters. The van der Waals surface area contributed by atoms with Crippen LogP contribution >= 0.6 is 0 Å². The van der Waals surface area contributed by atoms with Crippen molar-refractivity contribution in [3.8, 4) is 16.9 Å². The smallest absolute Gasteiger partial charge is 0.266 e. The Bertz CT molecular complexity index is 2050. The molecule has 1 aliphatic rings. The van der Waals surface area contributed by atoms with Gasteiger partial charge in [0.1, 0.15) is 5.75 Å². The minimum Gasteiger partial charge on any atom is -0.494 e. The molecule has 1 aliphatic heterocycles. The van der Waals surface area contributed by atoms with Gasteiger partial charge in [-0.2, -0.15) is 0 Å². The number of hydrogen-bond acceptors (Lipinski definition) is 8. The predicted molar refractivity (Wildman–Crippen MR) is 207 cm³/mol. The van der Waals surface area contributed by atoms with Crippen LogP contribution in [0.2, 0.25) is 0 Å². The van der Waals surface area contributed by atoms with Gasteiger partial charge in [0.15, 0.2) is 11.6 Å². The van der Waals surface area contributed by atoms with Crippen LogP contribution in [0.15, 0.2) is 138 Å². The average Bonchev–Trinajstić information content (AvgIpc) is 3.59. The molecule has 270 valence electrons. The van der Waals surface area contributed by atoms with E-state index in [-0.39, 0.29) is 25.5 Å². The van der Waals surface area contributed by atoms with E-state index < -0.39 is 11.6 Å². The van der Waals surface area contributed by atoms with Gasteiger partial charge in [0.25, 0.3) is 5.91 Å². The molecule has 0 saturated heterocycles. The van der Waals surface area contributed by atoms with Crippen LogP contribution < -0.4 is 20.5 Å². The number of nitrogens with zero attached hydrogens (tertiary/aromatic N) is 5. The van der Waals surface area contributed by atoms with Crippen molar-refractivity contribution in [1.29, 1.82) is 0 Å². The second-order valence-electron chi connectivity index (χ2n) is 13.0. The molecule has 0 spiro atoms. The molecule has 11 nitrogen and oxygen atoms in total. The van der Waals surface area contributed by atoms with E-state index in [9.17, 15) is 4.79 Å². The van der Waals surface area contributed by atoms with E-state index in [4.69, 9.17) is 25.1 Å². The SMILES string of the molecule is CN(C)c1ccc(CNNC(=O)[C@@]2(Cc3ccccc3CN=[N+]=[N-])N=C(c3ccc(OCCCO)cc3)O[C@H]2c2ccc(-c3ccccc3)cc2)cc1. The van der Waals surface area contributed by atoms with Gasteiger partial charge in [-0.15, -0.1) is 0 Å². The van der Waals surface area contributed by atoms with Crippen molar-refractivity contribution in [2.75, 3.05) is 32.2 Å². The van der Waals surface area contributed by atoms with Crippen LogP contribution in [0.25, 0.3) is 21.6 Å². The molecule has 0 aromatic heterocycles. The maximum Gasteiger partial charge on any atom is 0.266 e. The van der Waals surface area contributed by atoms with Crippen molar-refractivity contribution < 1.29 is 19.4 Å². The number of ether oxygens (including phenoxy) is 2. The number of aliphatic hydroxyl groups excluding tert-OH is 1. The summed E-state index contributed by atoms with van der Waals surface area (Å²) in [5, 5.41) is 13.0. The third-order valence-corrected chi connectivity index (χ3v) is 9.18. The second kappa shape index (κ2) is 17.4. The van der Waals surface area contributed by atoms with E-state index in [1.165, 1.54) is 0 Å². The van der Waals surface area contributed by atoms with Gasteiger partial charge < -0.3 is 19.5 Å². The van der Waals surface area contributed by atoms with Crippen LogP contribution in [0.3, 0.4) is 0 Å². The molecule has 1 heterocycles. The minimum absolute atomic E-state index is 0.0458. The average molecular weight is 710 g/mol. The molecular formula is C42H43N7O4. The first kappa shape index (κ1) is 36.7. The maximum absolute atomic E-state index is 14.8. The summed E-state index contributed by atoms with van der Waals surface area (Å²) in [5.41, 5.74) is 21.0. The number of hydrogen-bond donors (Lipinski definition) is 3. The first-order valence-electron chi connectivity index (χ1n) is 17.5. The van der Waals surface area contributed by atoms with Gasteiger partial charge in [-0.3, -0.25) is 10.2 Å². The summed E-state index contributed by atoms with van der Waals surface area (Å²) in [7, 11) is 3.98. The van der Waals surface area contributed by atoms with Gasteiger partial charge in [-0.25, -0.2) is 10.4 Å². The summed E-state index contributed by atoms with van der Waals surface area (Å²) < 4.78 is 12.5. The van der Waals surface area contributed by atoms with Crippen molar-refractivity contribution in [2.45, 2.75) is 37.6 Å². The van der Waals surface area contributed by atoms with E-state index in [0.29, 0.717) is 36.8 Å². The highest BCUT2D eigenvalue weighted by atomic mass is 16.5. The maximum atomic E-state index is 14.8. The molecule has 0 fully saturated rings. The van der Waals surface area contributed by atoms with Crippen molar-refractivity contribution in [1.82, 2.24) is 10.9 Å². The highest BCUT2D eigenvalue weighted by Crippen LogP contribution is 2.43. The third kappa shape index (κ3) is 8.85. The number of anilines is 1. The number of carbonyl (C=O) groups excluding carboxylic acids is 1. The molecule has 1 amide bonds. The van der Waals surface area contributed by atoms with E-state index >= 15 is 0 Å². The number of nitrogens with one attached hydrogen (secondary N) is 2. The monoisotopic (exact) mass is 709 g/mol. The lowest BCUT2D eigenvalue weighted by Crippen LogP contribution is -2.53. The quantitative estimate of drug-likeness (QED) is 0.0322. The van der Waals surface area contributed by atoms with Crippen LogP contribution in [-0.2, 0) is 29.0 Å². The van der Waals surface area contributed by atoms with Crippen molar-refractivity contribution in [2.24, 2.45) is 10.1 Å². The normalized spacial score (nSPS) is 16.2. The summed E-state index contributed by atoms with van der Waals surface area (Å²) in [6, 6.07) is 41.1. The van der Waals surface area contributed by atoms with Gasteiger partial charge in [0, 0.05) is 56.3 Å². The lowest BCUT2D eigenvalue weighted by atomic mass is 9.80. The molecule has 53 heavy (non-hydrogen) atoms. The number of amides is 1. The number of benzene rings is 5. The summed E-state index contributed by atoms with van der Waals surface area (Å²) in [6.45, 7) is 0.940. The van der Waals surface area contributed by atoms with Gasteiger partial charge in [-0.05, 0) is 75.3 Å². The molecule has 5 aromatic carbocycles. The molecular weight excluding hydrogens is 667 g/mol. The predicted octanol–water partition coefficient (Wildman–Crippen LogP) is 7.31. The molecule has 5 aromatic rings. The summed E-state index contributed by atoms with van der Waals surface area (Å²) >= 11 is 0. The summed E-state index contributed by atoms with van der Waals surface area (Å²) in [5.74, 6) is 0.579. The second-order valence-corrected chi connectivity index (χ2v) is 13.0. The minimum atomic E-state index is -1.48. The van der Waals surface area contributed by atoms with Crippen LogP contribution in [0.5, 0.6) is 5.75 Å². The number of hydrazine groups is 1. The lowest BCUT2D eigenvalue weighted by Gasteiger charge is -2.31. The van der Waals surface area contributed by atoms with Gasteiger partial charge in [0.2, 0.25) is 5.90 Å². The van der Waals surface area contributed by atoms with E-state index in [0.717, 1.165) is 39.1 Å². The van der Waals surface area contributed by atoms with Crippen LogP contribution in [-0.4, -0.2) is 49.8 Å². The molecule has 0 aliphatic carbocycles. The number of aliphatic imine (C=N–C) groups is 1. The molecule has 11 heteroatoms. The fourth-order valence-corrected chi connectivity index (χ4v) is 6.29. The zero-order chi connectivity index (χ0) is 37.0. The van der Waals surface area contributed by atoms with Crippen LogP contribution in [0.1, 0.15) is 40.3 Å². The lowest BCUT2D eigenvalue weighted by molar-refractivity contribution is -0.130. The Morgan fingerprint density at radius 3 is 2.23 bits per heavy atom. The van der Waals surface area contributed by atoms with Crippen LogP contribution in [0.4, 0.5) is 5.69 Å². The van der Waals surface area contributed by atoms with Crippen molar-refractivity contribution in [3.63, 3.8) is 0 Å². The van der Waals surface area contributed by atoms with E-state index in [1.807, 2.05) is 134 Å². The third-order valence-electron chi connectivity index (χ3n) is 9.18. The standard InChI is InChI=1S/C42H43N7O4/c1-49(2)37-21-13-30(14-22-37)28-44-47-41(51)42(27-35-11-6-7-12-36(35)29-45-48-43)39(33-17-15-32(16-18-33)31-9-4-3-5-10-31)53-40(46-42)34-19-23-38(24-20-34)52-26-8-25-50/h3-7,9-24,39,44,50H,8,25-29H2,1-2H3,(H,47,51)/t39-,42-/m0/s1. The van der Waals surface area contributed by atoms with Crippen LogP contribution in [0, 0.1) is 0 Å². The first-order chi connectivity index (χ1) is 25.9. The Hall–Kier alpha value is -6.13. The molecule has 0 radical (unpaired) electrons. The number of rotatable bonds is 16. The highest BCUT2D eigenvalue weighted by molar-refractivity contribution is 6.01. The summed E-state index contributed by atoms with van der Waals surface area (Å²) in [4.78, 5) is 25.0. The van der Waals surface area contributed by atoms with Crippen molar-refractivity contribution in [3.05, 3.63) is 166 Å². The fraction of sp³-hybridized carbons (Fsp3) is 0.238. The van der Waals surface area contributed by atoms with Crippen molar-refractivity contribution >= 4 is 17.5 Å². The summed E-state index contributed by atoms with van der Waals surface area (Å²) in [6.07, 6.45) is -0.139. The zero-order valence-electron chi connectivity index (χ0n) is 29.9. The topological polar surface area (TPSA) is 144 Å². The Morgan fingerprint density at radius 1 is 0.887 bits per heavy atom. The number of azide groups is 1. The van der Waals surface area contributed by atoms with E-state index in [2.05, 4.69) is 33.0 Å². The highest BCUT2D eigenvalue weighted by Gasteiger charge is 2.53. The number of aliphatic hydroxyl groups is 1. The molecule has 3 N–H and O–H groups in total. The Morgan fingerprint density at radius 2 is 1.55 bits per heavy atom. The Kier molecular flexibility index (Phi) is 12.0. The fourth-order valence-electron chi connectivity index (χ4n) is 6.29. The number of carbonyl (C=O) groups is 1. The zero-order valence-corrected chi connectivity index (χ0v) is 29.9. The largest absolute Gasteiger partial charge is 0.494 e. The first-order valence-corrected chi connectivity index (χ1v) is 17.5. The van der Waals surface area contributed by atoms with E-state index in [1.54, 1.807) is 0 Å². The molecule has 0 unspecified atom stereocenters. The molecule has 0 saturated carbocycles. The van der Waals surface area contributed by atoms with Gasteiger partial charge in [-0.1, -0.05) is 96.1 Å². The molecule has 0 bridgehead atoms. The Labute approximate surface area is 309 Å².